The Balaban J connectivity index is 1.28. The average Bonchev–Trinajstić information content (AvgIpc) is 3.26. The van der Waals surface area contributed by atoms with Gasteiger partial charge in [0.2, 0.25) is 0 Å². The Hall–Kier alpha value is -3.28. The number of ether oxygens (including phenoxy) is 4. The molecule has 0 amide bonds. The van der Waals surface area contributed by atoms with Gasteiger partial charge in [-0.3, -0.25) is 9.59 Å². The van der Waals surface area contributed by atoms with Gasteiger partial charge in [-0.2, -0.15) is 0 Å². The highest BCUT2D eigenvalue weighted by Crippen LogP contribution is 2.43. The van der Waals surface area contributed by atoms with Crippen molar-refractivity contribution in [2.24, 2.45) is 0 Å². The third kappa shape index (κ3) is 22.0. The van der Waals surface area contributed by atoms with Crippen molar-refractivity contribution in [1.82, 2.24) is 0 Å². The van der Waals surface area contributed by atoms with Crippen LogP contribution in [0.5, 0.6) is 11.5 Å². The second-order valence-corrected chi connectivity index (χ2v) is 17.1. The summed E-state index contributed by atoms with van der Waals surface area (Å²) in [5.74, 6) is 1.94. The molecule has 0 spiro atoms. The summed E-state index contributed by atoms with van der Waals surface area (Å²) in [6, 6.07) is 15.5. The summed E-state index contributed by atoms with van der Waals surface area (Å²) in [5.41, 5.74) is 1.33. The van der Waals surface area contributed by atoms with E-state index >= 15 is 0 Å². The van der Waals surface area contributed by atoms with Crippen molar-refractivity contribution in [2.75, 3.05) is 26.4 Å². The molecule has 0 heterocycles. The SMILES string of the molecule is CCOC(=O)CCCCCCCCCCCCCCCCOc1c2ccccc2c(OCCCCCCCCCCCCCCCCC(=O)OCC)c2cc(CC)ccc12. The quantitative estimate of drug-likeness (QED) is 0.0324. The summed E-state index contributed by atoms with van der Waals surface area (Å²) >= 11 is 0. The van der Waals surface area contributed by atoms with E-state index in [9.17, 15) is 9.59 Å². The predicted molar refractivity (Wildman–Crippen MR) is 254 cm³/mol. The summed E-state index contributed by atoms with van der Waals surface area (Å²) in [5, 5.41) is 4.67. The number of hydrogen-bond acceptors (Lipinski definition) is 6. The lowest BCUT2D eigenvalue weighted by molar-refractivity contribution is -0.144. The van der Waals surface area contributed by atoms with E-state index in [2.05, 4.69) is 49.4 Å². The van der Waals surface area contributed by atoms with Crippen molar-refractivity contribution in [1.29, 1.82) is 0 Å². The van der Waals surface area contributed by atoms with Crippen molar-refractivity contribution >= 4 is 33.5 Å². The lowest BCUT2D eigenvalue weighted by Crippen LogP contribution is -2.03. The van der Waals surface area contributed by atoms with Gasteiger partial charge in [-0.25, -0.2) is 0 Å². The molecule has 0 aliphatic rings. The van der Waals surface area contributed by atoms with Crippen LogP contribution in [0.1, 0.15) is 219 Å². The van der Waals surface area contributed by atoms with Gasteiger partial charge in [-0.15, -0.1) is 0 Å². The number of benzene rings is 3. The monoisotopic (exact) mass is 831 g/mol. The van der Waals surface area contributed by atoms with E-state index < -0.39 is 0 Å². The van der Waals surface area contributed by atoms with E-state index in [0.717, 1.165) is 80.4 Å². The number of esters is 2. The third-order valence-electron chi connectivity index (χ3n) is 12.1. The topological polar surface area (TPSA) is 71.1 Å². The molecule has 60 heavy (non-hydrogen) atoms. The van der Waals surface area contributed by atoms with Gasteiger partial charge in [-0.05, 0) is 57.6 Å². The Kier molecular flexibility index (Phi) is 29.2. The molecule has 0 atom stereocenters. The summed E-state index contributed by atoms with van der Waals surface area (Å²) < 4.78 is 23.3. The van der Waals surface area contributed by atoms with Gasteiger partial charge in [0.05, 0.1) is 26.4 Å². The molecule has 0 fully saturated rings. The number of fused-ring (bicyclic) bond motifs is 2. The van der Waals surface area contributed by atoms with Crippen molar-refractivity contribution in [3.05, 3.63) is 48.0 Å². The van der Waals surface area contributed by atoms with Gasteiger partial charge < -0.3 is 18.9 Å². The van der Waals surface area contributed by atoms with Crippen LogP contribution in [0.15, 0.2) is 42.5 Å². The number of hydrogen-bond donors (Lipinski definition) is 0. The third-order valence-corrected chi connectivity index (χ3v) is 12.1. The zero-order chi connectivity index (χ0) is 42.7. The molecule has 0 aliphatic carbocycles. The smallest absolute Gasteiger partial charge is 0.305 e. The molecule has 0 aromatic heterocycles. The van der Waals surface area contributed by atoms with Crippen molar-refractivity contribution in [2.45, 2.75) is 220 Å². The van der Waals surface area contributed by atoms with Crippen molar-refractivity contribution < 1.29 is 28.5 Å². The molecule has 338 valence electrons. The molecule has 0 bridgehead atoms. The summed E-state index contributed by atoms with van der Waals surface area (Å²) in [7, 11) is 0. The maximum atomic E-state index is 11.4. The van der Waals surface area contributed by atoms with Gasteiger partial charge in [0.15, 0.2) is 0 Å². The van der Waals surface area contributed by atoms with Crippen LogP contribution < -0.4 is 9.47 Å². The zero-order valence-corrected chi connectivity index (χ0v) is 38.7. The fourth-order valence-electron chi connectivity index (χ4n) is 8.48. The van der Waals surface area contributed by atoms with Crippen LogP contribution in [0, 0.1) is 0 Å². The first-order chi connectivity index (χ1) is 29.6. The van der Waals surface area contributed by atoms with Crippen LogP contribution in [0.3, 0.4) is 0 Å². The second kappa shape index (κ2) is 34.3. The van der Waals surface area contributed by atoms with E-state index in [0.29, 0.717) is 26.1 Å². The van der Waals surface area contributed by atoms with Crippen LogP contribution in [0.25, 0.3) is 21.5 Å². The molecule has 0 saturated carbocycles. The molecule has 0 N–H and O–H groups in total. The Labute approximate surface area is 366 Å². The molecule has 6 heteroatoms. The Bertz CT molecular complexity index is 1550. The minimum atomic E-state index is -0.0451. The first kappa shape index (κ1) is 51.1. The van der Waals surface area contributed by atoms with Gasteiger partial charge in [0.1, 0.15) is 11.5 Å². The highest BCUT2D eigenvalue weighted by molar-refractivity contribution is 6.11. The zero-order valence-electron chi connectivity index (χ0n) is 38.7. The van der Waals surface area contributed by atoms with E-state index in [1.807, 2.05) is 13.8 Å². The molecule has 0 radical (unpaired) electrons. The number of unbranched alkanes of at least 4 members (excludes halogenated alkanes) is 26. The lowest BCUT2D eigenvalue weighted by atomic mass is 9.98. The van der Waals surface area contributed by atoms with Crippen molar-refractivity contribution in [3.8, 4) is 11.5 Å². The van der Waals surface area contributed by atoms with E-state index in [4.69, 9.17) is 18.9 Å². The van der Waals surface area contributed by atoms with Gasteiger partial charge in [0.25, 0.3) is 0 Å². The van der Waals surface area contributed by atoms with Crippen LogP contribution in [-0.4, -0.2) is 38.4 Å². The minimum absolute atomic E-state index is 0.0451. The molecular formula is C54H86O6. The fourth-order valence-corrected chi connectivity index (χ4v) is 8.48. The fraction of sp³-hybridized carbons (Fsp3) is 0.704. The number of carbonyl (C=O) groups excluding carboxylic acids is 2. The first-order valence-corrected chi connectivity index (χ1v) is 25.1. The number of aryl methyl sites for hydroxylation is 1. The lowest BCUT2D eigenvalue weighted by Gasteiger charge is -2.18. The minimum Gasteiger partial charge on any atom is -0.492 e. The van der Waals surface area contributed by atoms with Crippen LogP contribution >= 0.6 is 0 Å². The Morgan fingerprint density at radius 3 is 1.05 bits per heavy atom. The van der Waals surface area contributed by atoms with Crippen LogP contribution in [0.2, 0.25) is 0 Å². The predicted octanol–water partition coefficient (Wildman–Crippen LogP) is 16.1. The maximum Gasteiger partial charge on any atom is 0.305 e. The average molecular weight is 831 g/mol. The Morgan fingerprint density at radius 1 is 0.383 bits per heavy atom. The largest absolute Gasteiger partial charge is 0.492 e. The number of rotatable bonds is 39. The summed E-state index contributed by atoms with van der Waals surface area (Å²) in [6.07, 6.45) is 37.4. The van der Waals surface area contributed by atoms with Crippen molar-refractivity contribution in [3.63, 3.8) is 0 Å². The van der Waals surface area contributed by atoms with Crippen LogP contribution in [-0.2, 0) is 25.5 Å². The highest BCUT2D eigenvalue weighted by atomic mass is 16.5. The Morgan fingerprint density at radius 2 is 0.700 bits per heavy atom. The van der Waals surface area contributed by atoms with E-state index in [1.54, 1.807) is 0 Å². The molecule has 3 aromatic carbocycles. The molecule has 6 nitrogen and oxygen atoms in total. The molecule has 3 aromatic rings. The standard InChI is InChI=1S/C54H86O6/c1-4-46-41-42-49-50(45-46)54(60-44-36-30-26-22-18-14-10-8-12-16-20-24-28-32-40-52(56)58-6-3)48-38-34-33-37-47(48)53(49)59-43-35-29-25-21-17-13-9-7-11-15-19-23-27-31-39-51(55)57-5-2/h33-34,37-38,41-42,45H,4-32,35-36,39-40,43-44H2,1-3H3. The molecule has 0 unspecified atom stereocenters. The van der Waals surface area contributed by atoms with E-state index in [-0.39, 0.29) is 11.9 Å². The maximum absolute atomic E-state index is 11.4. The molecule has 3 rings (SSSR count). The normalized spacial score (nSPS) is 11.4. The first-order valence-electron chi connectivity index (χ1n) is 25.1. The molecule has 0 aliphatic heterocycles. The van der Waals surface area contributed by atoms with Gasteiger partial charge in [-0.1, -0.05) is 197 Å². The second-order valence-electron chi connectivity index (χ2n) is 17.1. The van der Waals surface area contributed by atoms with E-state index in [1.165, 1.54) is 158 Å². The molecule has 0 saturated heterocycles. The molecular weight excluding hydrogens is 745 g/mol. The highest BCUT2D eigenvalue weighted by Gasteiger charge is 2.17. The summed E-state index contributed by atoms with van der Waals surface area (Å²) in [4.78, 5) is 22.8. The summed E-state index contributed by atoms with van der Waals surface area (Å²) in [6.45, 7) is 8.44. The van der Waals surface area contributed by atoms with Crippen LogP contribution in [0.4, 0.5) is 0 Å². The van der Waals surface area contributed by atoms with Gasteiger partial charge in [0, 0.05) is 34.4 Å². The number of carbonyl (C=O) groups is 2. The van der Waals surface area contributed by atoms with Gasteiger partial charge >= 0.3 is 11.9 Å².